The monoisotopic (exact) mass is 446 g/mol. The van der Waals surface area contributed by atoms with Gasteiger partial charge in [-0.05, 0) is 42.0 Å². The summed E-state index contributed by atoms with van der Waals surface area (Å²) in [7, 11) is 0. The van der Waals surface area contributed by atoms with Gasteiger partial charge >= 0.3 is 0 Å². The van der Waals surface area contributed by atoms with E-state index >= 15 is 0 Å². The van der Waals surface area contributed by atoms with E-state index in [1.54, 1.807) is 12.4 Å². The average molecular weight is 447 g/mol. The molecule has 0 bridgehead atoms. The molecular weight excluding hydrogens is 428 g/mol. The number of halogens is 1. The normalized spacial score (nSPS) is 16.9. The summed E-state index contributed by atoms with van der Waals surface area (Å²) < 4.78 is 7.14. The Labute approximate surface area is 177 Å². The molecule has 1 atom stereocenters. The Bertz CT molecular complexity index is 1130. The molecule has 0 radical (unpaired) electrons. The molecule has 1 aliphatic rings. The van der Waals surface area contributed by atoms with Crippen molar-refractivity contribution in [3.63, 3.8) is 0 Å². The fourth-order valence-electron chi connectivity index (χ4n) is 3.65. The number of nitrogens with zero attached hydrogens (tertiary/aromatic N) is 4. The first-order valence-corrected chi connectivity index (χ1v) is 10.4. The van der Waals surface area contributed by atoms with E-state index in [1.165, 1.54) is 5.56 Å². The van der Waals surface area contributed by atoms with E-state index in [2.05, 4.69) is 56.1 Å². The lowest BCUT2D eigenvalue weighted by Crippen LogP contribution is -2.39. The Kier molecular flexibility index (Phi) is 4.96. The largest absolute Gasteiger partial charge is 0.370 e. The molecule has 144 valence electrons. The molecule has 0 amide bonds. The Morgan fingerprint density at radius 2 is 1.72 bits per heavy atom. The second kappa shape index (κ2) is 7.89. The number of fused-ring (bicyclic) bond motifs is 1. The zero-order valence-electron chi connectivity index (χ0n) is 15.7. The fourth-order valence-corrected chi connectivity index (χ4v) is 3.92. The lowest BCUT2D eigenvalue weighted by molar-refractivity contribution is 0.0396. The van der Waals surface area contributed by atoms with Crippen LogP contribution in [0.4, 0.5) is 5.82 Å². The number of rotatable bonds is 3. The first kappa shape index (κ1) is 18.2. The second-order valence-corrected chi connectivity index (χ2v) is 7.90. The van der Waals surface area contributed by atoms with E-state index < -0.39 is 0 Å². The van der Waals surface area contributed by atoms with Crippen LogP contribution in [0, 0.1) is 0 Å². The van der Waals surface area contributed by atoms with Crippen LogP contribution in [0.15, 0.2) is 77.5 Å². The molecule has 4 aromatic rings. The number of morpholine rings is 1. The summed E-state index contributed by atoms with van der Waals surface area (Å²) in [5, 5.41) is 1.06. The van der Waals surface area contributed by atoms with Gasteiger partial charge in [0.15, 0.2) is 5.82 Å². The highest BCUT2D eigenvalue weighted by Crippen LogP contribution is 2.31. The molecule has 3 heterocycles. The van der Waals surface area contributed by atoms with Crippen LogP contribution in [0.1, 0.15) is 11.7 Å². The Morgan fingerprint density at radius 1 is 0.931 bits per heavy atom. The van der Waals surface area contributed by atoms with Gasteiger partial charge in [0.2, 0.25) is 0 Å². The van der Waals surface area contributed by atoms with Crippen molar-refractivity contribution in [2.75, 3.05) is 24.6 Å². The van der Waals surface area contributed by atoms with Crippen molar-refractivity contribution in [1.29, 1.82) is 0 Å². The van der Waals surface area contributed by atoms with Gasteiger partial charge in [0, 0.05) is 40.9 Å². The van der Waals surface area contributed by atoms with Gasteiger partial charge < -0.3 is 9.64 Å². The van der Waals surface area contributed by atoms with Crippen LogP contribution in [0.3, 0.4) is 0 Å². The lowest BCUT2D eigenvalue weighted by atomic mass is 10.1. The molecule has 5 nitrogen and oxygen atoms in total. The van der Waals surface area contributed by atoms with Gasteiger partial charge in [-0.25, -0.2) is 9.97 Å². The maximum absolute atomic E-state index is 6.07. The molecule has 0 spiro atoms. The van der Waals surface area contributed by atoms with Gasteiger partial charge in [-0.2, -0.15) is 0 Å². The minimum atomic E-state index is 0.00922. The smallest absolute Gasteiger partial charge is 0.162 e. The minimum Gasteiger partial charge on any atom is -0.370 e. The van der Waals surface area contributed by atoms with Gasteiger partial charge in [0.25, 0.3) is 0 Å². The Balaban J connectivity index is 1.55. The maximum Gasteiger partial charge on any atom is 0.162 e. The third-order valence-electron chi connectivity index (χ3n) is 5.13. The average Bonchev–Trinajstić information content (AvgIpc) is 2.79. The highest BCUT2D eigenvalue weighted by atomic mass is 79.9. The molecule has 0 aliphatic carbocycles. The third kappa shape index (κ3) is 3.73. The van der Waals surface area contributed by atoms with E-state index in [0.29, 0.717) is 12.4 Å². The highest BCUT2D eigenvalue weighted by Gasteiger charge is 2.25. The van der Waals surface area contributed by atoms with Crippen molar-refractivity contribution in [2.24, 2.45) is 0 Å². The molecule has 2 aromatic heterocycles. The van der Waals surface area contributed by atoms with Crippen LogP contribution in [-0.2, 0) is 4.74 Å². The maximum atomic E-state index is 6.07. The summed E-state index contributed by atoms with van der Waals surface area (Å²) in [6.45, 7) is 2.20. The zero-order valence-corrected chi connectivity index (χ0v) is 17.3. The van der Waals surface area contributed by atoms with Crippen LogP contribution in [0.25, 0.3) is 22.3 Å². The van der Waals surface area contributed by atoms with Gasteiger partial charge in [-0.3, -0.25) is 4.98 Å². The SMILES string of the molecule is Brc1ccc(C2CN(c3nc(-c4ccncc4)nc4ccccc34)CCO2)cc1. The predicted octanol–water partition coefficient (Wildman–Crippen LogP) is 5.03. The van der Waals surface area contributed by atoms with E-state index in [1.807, 2.05) is 30.3 Å². The van der Waals surface area contributed by atoms with Gasteiger partial charge in [-0.15, -0.1) is 0 Å². The number of anilines is 1. The van der Waals surface area contributed by atoms with Crippen LogP contribution < -0.4 is 4.90 Å². The summed E-state index contributed by atoms with van der Waals surface area (Å²) in [4.78, 5) is 16.2. The van der Waals surface area contributed by atoms with E-state index in [9.17, 15) is 0 Å². The fraction of sp³-hybridized carbons (Fsp3) is 0.174. The Morgan fingerprint density at radius 3 is 2.55 bits per heavy atom. The minimum absolute atomic E-state index is 0.00922. The summed E-state index contributed by atoms with van der Waals surface area (Å²) in [6, 6.07) is 20.4. The van der Waals surface area contributed by atoms with Crippen molar-refractivity contribution in [3.8, 4) is 11.4 Å². The molecule has 2 aromatic carbocycles. The van der Waals surface area contributed by atoms with Crippen molar-refractivity contribution >= 4 is 32.7 Å². The van der Waals surface area contributed by atoms with Gasteiger partial charge in [-0.1, -0.05) is 40.2 Å². The summed E-state index contributed by atoms with van der Waals surface area (Å²) in [5.74, 6) is 1.67. The first-order valence-electron chi connectivity index (χ1n) is 9.57. The van der Waals surface area contributed by atoms with Crippen LogP contribution in [0.2, 0.25) is 0 Å². The number of pyridine rings is 1. The van der Waals surface area contributed by atoms with Crippen molar-refractivity contribution < 1.29 is 4.74 Å². The zero-order chi connectivity index (χ0) is 19.6. The summed E-state index contributed by atoms with van der Waals surface area (Å²) in [5.41, 5.74) is 3.08. The van der Waals surface area contributed by atoms with E-state index in [-0.39, 0.29) is 6.10 Å². The standard InChI is InChI=1S/C23H19BrN4O/c24-18-7-5-16(6-8-18)21-15-28(13-14-29-21)23-19-3-1-2-4-20(19)26-22(27-23)17-9-11-25-12-10-17/h1-12,21H,13-15H2. The van der Waals surface area contributed by atoms with Crippen LogP contribution in [0.5, 0.6) is 0 Å². The second-order valence-electron chi connectivity index (χ2n) is 6.98. The molecule has 1 fully saturated rings. The number of ether oxygens (including phenoxy) is 1. The first-order chi connectivity index (χ1) is 14.3. The number of aromatic nitrogens is 3. The van der Waals surface area contributed by atoms with E-state index in [4.69, 9.17) is 14.7 Å². The van der Waals surface area contributed by atoms with Crippen molar-refractivity contribution in [1.82, 2.24) is 15.0 Å². The molecule has 29 heavy (non-hydrogen) atoms. The lowest BCUT2D eigenvalue weighted by Gasteiger charge is -2.34. The van der Waals surface area contributed by atoms with Crippen molar-refractivity contribution in [3.05, 3.63) is 83.1 Å². The number of para-hydroxylation sites is 1. The summed E-state index contributed by atoms with van der Waals surface area (Å²) in [6.07, 6.45) is 3.55. The predicted molar refractivity (Wildman–Crippen MR) is 118 cm³/mol. The molecule has 6 heteroatoms. The molecular formula is C23H19BrN4O. The van der Waals surface area contributed by atoms with Gasteiger partial charge in [0.05, 0.1) is 12.1 Å². The highest BCUT2D eigenvalue weighted by molar-refractivity contribution is 9.10. The number of hydrogen-bond acceptors (Lipinski definition) is 5. The van der Waals surface area contributed by atoms with Crippen LogP contribution >= 0.6 is 15.9 Å². The molecule has 0 saturated carbocycles. The molecule has 0 N–H and O–H groups in total. The molecule has 1 unspecified atom stereocenters. The Hall–Kier alpha value is -2.83. The number of benzene rings is 2. The van der Waals surface area contributed by atoms with Crippen molar-refractivity contribution in [2.45, 2.75) is 6.10 Å². The molecule has 1 aliphatic heterocycles. The molecule has 1 saturated heterocycles. The van der Waals surface area contributed by atoms with Crippen LogP contribution in [-0.4, -0.2) is 34.6 Å². The quantitative estimate of drug-likeness (QED) is 0.441. The van der Waals surface area contributed by atoms with Gasteiger partial charge in [0.1, 0.15) is 11.9 Å². The molecule has 5 rings (SSSR count). The third-order valence-corrected chi connectivity index (χ3v) is 5.66. The topological polar surface area (TPSA) is 51.1 Å². The van der Waals surface area contributed by atoms with E-state index in [0.717, 1.165) is 39.8 Å². The summed E-state index contributed by atoms with van der Waals surface area (Å²) >= 11 is 3.50. The number of hydrogen-bond donors (Lipinski definition) is 0.